The van der Waals surface area contributed by atoms with Gasteiger partial charge in [0.1, 0.15) is 0 Å². The van der Waals surface area contributed by atoms with E-state index in [9.17, 15) is 0 Å². The van der Waals surface area contributed by atoms with Crippen molar-refractivity contribution in [2.75, 3.05) is 6.54 Å². The van der Waals surface area contributed by atoms with Gasteiger partial charge in [-0.1, -0.05) is 23.2 Å². The minimum absolute atomic E-state index is 0. The Morgan fingerprint density at radius 3 is 1.57 bits per heavy atom. The molecule has 0 aliphatic heterocycles. The van der Waals surface area contributed by atoms with Gasteiger partial charge in [-0.2, -0.15) is 0 Å². The molecule has 0 spiro atoms. The van der Waals surface area contributed by atoms with E-state index in [0.717, 1.165) is 0 Å². The van der Waals surface area contributed by atoms with Crippen LogP contribution < -0.4 is 11.5 Å². The number of halogens is 2. The summed E-state index contributed by atoms with van der Waals surface area (Å²) in [5, 5.41) is 0. The molecule has 0 aromatic heterocycles. The quantitative estimate of drug-likeness (QED) is 0.383. The van der Waals surface area contributed by atoms with Gasteiger partial charge >= 0.3 is 0 Å². The van der Waals surface area contributed by atoms with E-state index in [1.807, 2.05) is 0 Å². The van der Waals surface area contributed by atoms with Crippen molar-refractivity contribution in [3.8, 4) is 0 Å². The molecule has 0 radical (unpaired) electrons. The van der Waals surface area contributed by atoms with Gasteiger partial charge in [0.25, 0.3) is 0 Å². The van der Waals surface area contributed by atoms with Crippen LogP contribution in [0.5, 0.6) is 0 Å². The zero-order chi connectivity index (χ0) is 5.21. The Labute approximate surface area is 66.2 Å². The summed E-state index contributed by atoms with van der Waals surface area (Å²) in [6.07, 6.45) is 0. The van der Waals surface area contributed by atoms with Crippen LogP contribution in [0, 0.1) is 0 Å². The molecule has 0 amide bonds. The van der Waals surface area contributed by atoms with Crippen LogP contribution in [0.2, 0.25) is 0 Å². The largest absolute Gasteiger partial charge is 0.327 e. The molecule has 0 aliphatic rings. The predicted octanol–water partition coefficient (Wildman–Crippen LogP) is 0.0327. The van der Waals surface area contributed by atoms with Gasteiger partial charge in [-0.25, -0.2) is 0 Å². The second-order valence-corrected chi connectivity index (χ2v) is 2.51. The fourth-order valence-corrected chi connectivity index (χ4v) is 0. The number of nitrogens with two attached hydrogens (primary N) is 2. The topological polar surface area (TPSA) is 52.0 Å². The molecule has 2 nitrogen and oxygen atoms in total. The van der Waals surface area contributed by atoms with Crippen molar-refractivity contribution in [1.82, 2.24) is 0 Å². The Bertz CT molecular complexity index is 43.4. The van der Waals surface area contributed by atoms with E-state index in [2.05, 4.69) is 0 Å². The van der Waals surface area contributed by atoms with Gasteiger partial charge in [-0.3, -0.25) is 5.73 Å². The summed E-state index contributed by atoms with van der Waals surface area (Å²) in [7, 11) is 0. The third-order valence-corrected chi connectivity index (χ3v) is 0.581. The Balaban J connectivity index is 0. The third-order valence-electron chi connectivity index (χ3n) is 0.272. The zero-order valence-corrected chi connectivity index (χ0v) is 6.50. The molecular weight excluding hydrogens is 229 g/mol. The smallest absolute Gasteiger partial charge is 0.178 e. The Kier molecular flexibility index (Phi) is 6.43. The summed E-state index contributed by atoms with van der Waals surface area (Å²) in [6, 6.07) is 0. The molecule has 0 aliphatic carbocycles. The number of hydrogen-bond acceptors (Lipinski definition) is 2. The molecule has 0 atom stereocenters. The van der Waals surface area contributed by atoms with E-state index in [1.165, 1.54) is 0 Å². The fourth-order valence-electron chi connectivity index (χ4n) is 0. The maximum atomic E-state index is 5.14. The predicted molar refractivity (Wildman–Crippen MR) is 27.7 cm³/mol. The molecule has 0 fully saturated rings. The summed E-state index contributed by atoms with van der Waals surface area (Å²) >= 11 is 10.3. The molecule has 0 unspecified atom stereocenters. The van der Waals surface area contributed by atoms with E-state index in [1.54, 1.807) is 0 Å². The van der Waals surface area contributed by atoms with Gasteiger partial charge in [0.05, 0.1) is 0 Å². The summed E-state index contributed by atoms with van der Waals surface area (Å²) in [6.45, 7) is 0.0795. The molecule has 0 aromatic rings. The van der Waals surface area contributed by atoms with Crippen LogP contribution in [0.3, 0.4) is 0 Å². The average Bonchev–Trinajstić information content (AvgIpc) is 1.35. The van der Waals surface area contributed by atoms with Crippen LogP contribution in [0.15, 0.2) is 0 Å². The summed E-state index contributed by atoms with van der Waals surface area (Å²) in [5.74, 6) is 0. The van der Waals surface area contributed by atoms with E-state index in [0.29, 0.717) is 0 Å². The fraction of sp³-hybridized carbons (Fsp3) is 1.00. The first-order valence-corrected chi connectivity index (χ1v) is 2.18. The maximum absolute atomic E-state index is 5.14. The molecule has 0 saturated heterocycles. The Hall–Kier alpha value is 1.16. The normalized spacial score (nSPS) is 10.3. The standard InChI is InChI=1S/C2H6Cl2N2.Pd/c3-2(4,6)1-5;/h1,5-6H2;. The van der Waals surface area contributed by atoms with Gasteiger partial charge in [-0.15, -0.1) is 0 Å². The second-order valence-electron chi connectivity index (χ2n) is 0.965. The molecule has 4 N–H and O–H groups in total. The first-order chi connectivity index (χ1) is 2.56. The van der Waals surface area contributed by atoms with Crippen molar-refractivity contribution in [3.63, 3.8) is 0 Å². The molecule has 0 rings (SSSR count). The molecule has 0 aromatic carbocycles. The second kappa shape index (κ2) is 4.08. The van der Waals surface area contributed by atoms with E-state index in [4.69, 9.17) is 34.7 Å². The molecule has 0 saturated carbocycles. The van der Waals surface area contributed by atoms with Crippen molar-refractivity contribution in [1.29, 1.82) is 0 Å². The van der Waals surface area contributed by atoms with Gasteiger partial charge in [0, 0.05) is 27.0 Å². The summed E-state index contributed by atoms with van der Waals surface area (Å²) < 4.78 is -1.24. The third kappa shape index (κ3) is 11.0. The van der Waals surface area contributed by atoms with Crippen LogP contribution in [-0.4, -0.2) is 11.0 Å². The van der Waals surface area contributed by atoms with Crippen molar-refractivity contribution in [2.45, 2.75) is 4.46 Å². The van der Waals surface area contributed by atoms with E-state index < -0.39 is 4.46 Å². The zero-order valence-electron chi connectivity index (χ0n) is 3.43. The number of rotatable bonds is 1. The van der Waals surface area contributed by atoms with Crippen LogP contribution in [0.1, 0.15) is 0 Å². The minimum atomic E-state index is -1.24. The molecule has 5 heteroatoms. The Morgan fingerprint density at radius 1 is 1.43 bits per heavy atom. The van der Waals surface area contributed by atoms with Crippen LogP contribution in [0.4, 0.5) is 0 Å². The van der Waals surface area contributed by atoms with Crippen molar-refractivity contribution < 1.29 is 20.4 Å². The maximum Gasteiger partial charge on any atom is 0.178 e. The summed E-state index contributed by atoms with van der Waals surface area (Å²) in [5.41, 5.74) is 9.86. The summed E-state index contributed by atoms with van der Waals surface area (Å²) in [4.78, 5) is 0. The van der Waals surface area contributed by atoms with E-state index >= 15 is 0 Å². The van der Waals surface area contributed by atoms with Gasteiger partial charge in [-0.05, 0) is 0 Å². The van der Waals surface area contributed by atoms with Gasteiger partial charge in [0.15, 0.2) is 4.46 Å². The van der Waals surface area contributed by atoms with E-state index in [-0.39, 0.29) is 27.0 Å². The first kappa shape index (κ1) is 11.0. The average molecular weight is 235 g/mol. The van der Waals surface area contributed by atoms with Crippen molar-refractivity contribution >= 4 is 23.2 Å². The SMILES string of the molecule is NCC(N)(Cl)Cl.[Pd]. The molecule has 7 heavy (non-hydrogen) atoms. The molecular formula is C2H6Cl2N2Pd. The molecule has 0 heterocycles. The molecule has 48 valence electrons. The Morgan fingerprint density at radius 2 is 1.57 bits per heavy atom. The van der Waals surface area contributed by atoms with Crippen molar-refractivity contribution in [3.05, 3.63) is 0 Å². The van der Waals surface area contributed by atoms with Crippen molar-refractivity contribution in [2.24, 2.45) is 11.5 Å². The van der Waals surface area contributed by atoms with Gasteiger partial charge < -0.3 is 5.73 Å². The van der Waals surface area contributed by atoms with Crippen LogP contribution in [-0.2, 0) is 20.4 Å². The minimum Gasteiger partial charge on any atom is -0.327 e. The van der Waals surface area contributed by atoms with Crippen LogP contribution >= 0.6 is 23.2 Å². The monoisotopic (exact) mass is 234 g/mol. The molecule has 0 bridgehead atoms. The number of hydrogen-bond donors (Lipinski definition) is 2. The van der Waals surface area contributed by atoms with Gasteiger partial charge in [0.2, 0.25) is 0 Å². The van der Waals surface area contributed by atoms with Crippen LogP contribution in [0.25, 0.3) is 0 Å². The number of alkyl halides is 2. The first-order valence-electron chi connectivity index (χ1n) is 1.43.